The highest BCUT2D eigenvalue weighted by atomic mass is 16.5. The molecule has 0 aliphatic heterocycles. The van der Waals surface area contributed by atoms with Gasteiger partial charge in [-0.2, -0.15) is 0 Å². The van der Waals surface area contributed by atoms with E-state index in [9.17, 15) is 5.11 Å². The molecule has 2 rings (SSSR count). The molecule has 0 aliphatic carbocycles. The Labute approximate surface area is 181 Å². The molecular formula is C23H38N4O3. The van der Waals surface area contributed by atoms with Gasteiger partial charge in [0, 0.05) is 44.6 Å². The first-order valence-electron chi connectivity index (χ1n) is 10.6. The standard InChI is InChI=1S/C23H38N4O3/c1-17(2)26(6)14-20(28)16-30-22-12-19(8-9-21(22)29-7)13-27(18(3)4)15-23-24-10-11-25(23)5/h8-12,17-18,20,28H,13-16H2,1-7H3/t20-/m1/s1. The molecule has 0 amide bonds. The number of hydrogen-bond acceptors (Lipinski definition) is 6. The molecule has 0 unspecified atom stereocenters. The molecular weight excluding hydrogens is 380 g/mol. The molecule has 1 heterocycles. The first-order chi connectivity index (χ1) is 14.2. The second-order valence-electron chi connectivity index (χ2n) is 8.44. The zero-order valence-corrected chi connectivity index (χ0v) is 19.5. The van der Waals surface area contributed by atoms with Gasteiger partial charge in [-0.25, -0.2) is 4.98 Å². The van der Waals surface area contributed by atoms with Gasteiger partial charge in [0.05, 0.1) is 13.7 Å². The van der Waals surface area contributed by atoms with Crippen LogP contribution in [0.5, 0.6) is 11.5 Å². The minimum atomic E-state index is -0.568. The zero-order chi connectivity index (χ0) is 22.3. The van der Waals surface area contributed by atoms with E-state index in [4.69, 9.17) is 9.47 Å². The van der Waals surface area contributed by atoms with Crippen LogP contribution in [0.25, 0.3) is 0 Å². The molecule has 7 heteroatoms. The van der Waals surface area contributed by atoms with Gasteiger partial charge in [0.15, 0.2) is 11.5 Å². The summed E-state index contributed by atoms with van der Waals surface area (Å²) in [4.78, 5) is 8.91. The number of rotatable bonds is 12. The molecule has 1 aromatic heterocycles. The van der Waals surface area contributed by atoms with Crippen molar-refractivity contribution in [1.29, 1.82) is 0 Å². The van der Waals surface area contributed by atoms with Crippen molar-refractivity contribution in [2.24, 2.45) is 7.05 Å². The summed E-state index contributed by atoms with van der Waals surface area (Å²) >= 11 is 0. The largest absolute Gasteiger partial charge is 0.493 e. The molecule has 7 nitrogen and oxygen atoms in total. The predicted molar refractivity (Wildman–Crippen MR) is 120 cm³/mol. The molecule has 2 aromatic rings. The van der Waals surface area contributed by atoms with Crippen molar-refractivity contribution in [3.8, 4) is 11.5 Å². The van der Waals surface area contributed by atoms with Crippen molar-refractivity contribution in [3.63, 3.8) is 0 Å². The van der Waals surface area contributed by atoms with Gasteiger partial charge < -0.3 is 24.0 Å². The SMILES string of the molecule is COc1ccc(CN(Cc2nccn2C)C(C)C)cc1OC[C@H](O)CN(C)C(C)C. The van der Waals surface area contributed by atoms with Crippen LogP contribution in [0.15, 0.2) is 30.6 Å². The highest BCUT2D eigenvalue weighted by Gasteiger charge is 2.16. The molecule has 0 aliphatic rings. The second-order valence-corrected chi connectivity index (χ2v) is 8.44. The molecule has 0 saturated carbocycles. The zero-order valence-electron chi connectivity index (χ0n) is 19.5. The first-order valence-corrected chi connectivity index (χ1v) is 10.6. The minimum Gasteiger partial charge on any atom is -0.493 e. The smallest absolute Gasteiger partial charge is 0.161 e. The van der Waals surface area contributed by atoms with Crippen molar-refractivity contribution in [2.45, 2.75) is 59.0 Å². The molecule has 1 aromatic carbocycles. The van der Waals surface area contributed by atoms with Gasteiger partial charge in [-0.3, -0.25) is 4.90 Å². The summed E-state index contributed by atoms with van der Waals surface area (Å²) in [5.74, 6) is 2.36. The van der Waals surface area contributed by atoms with Gasteiger partial charge in [0.2, 0.25) is 0 Å². The van der Waals surface area contributed by atoms with Crippen molar-refractivity contribution in [2.75, 3.05) is 27.3 Å². The maximum absolute atomic E-state index is 10.3. The molecule has 0 radical (unpaired) electrons. The van der Waals surface area contributed by atoms with Gasteiger partial charge in [-0.15, -0.1) is 0 Å². The number of ether oxygens (including phenoxy) is 2. The quantitative estimate of drug-likeness (QED) is 0.572. The Morgan fingerprint density at radius 3 is 2.40 bits per heavy atom. The van der Waals surface area contributed by atoms with Crippen molar-refractivity contribution < 1.29 is 14.6 Å². The summed E-state index contributed by atoms with van der Waals surface area (Å²) in [6, 6.07) is 6.73. The minimum absolute atomic E-state index is 0.220. The van der Waals surface area contributed by atoms with Crippen LogP contribution in [0.3, 0.4) is 0 Å². The van der Waals surface area contributed by atoms with Crippen molar-refractivity contribution in [3.05, 3.63) is 42.0 Å². The lowest BCUT2D eigenvalue weighted by Crippen LogP contribution is -2.37. The van der Waals surface area contributed by atoms with Crippen LogP contribution in [0.1, 0.15) is 39.1 Å². The maximum Gasteiger partial charge on any atom is 0.161 e. The van der Waals surface area contributed by atoms with Gasteiger partial charge in [0.25, 0.3) is 0 Å². The molecule has 0 spiro atoms. The van der Waals surface area contributed by atoms with Crippen LogP contribution in [0.2, 0.25) is 0 Å². The number of methoxy groups -OCH3 is 1. The number of aromatic nitrogens is 2. The van der Waals surface area contributed by atoms with Crippen LogP contribution >= 0.6 is 0 Å². The fraction of sp³-hybridized carbons (Fsp3) is 0.609. The lowest BCUT2D eigenvalue weighted by atomic mass is 10.1. The number of likely N-dealkylation sites (N-methyl/N-ethyl adjacent to an activating group) is 1. The Bertz CT molecular complexity index is 776. The number of hydrogen-bond donors (Lipinski definition) is 1. The first kappa shape index (κ1) is 24.2. The van der Waals surface area contributed by atoms with Gasteiger partial charge >= 0.3 is 0 Å². The van der Waals surface area contributed by atoms with E-state index in [0.29, 0.717) is 30.1 Å². The van der Waals surface area contributed by atoms with Crippen LogP contribution in [-0.2, 0) is 20.1 Å². The van der Waals surface area contributed by atoms with E-state index in [1.807, 2.05) is 43.2 Å². The Morgan fingerprint density at radius 1 is 1.10 bits per heavy atom. The summed E-state index contributed by atoms with van der Waals surface area (Å²) in [7, 11) is 5.64. The van der Waals surface area contributed by atoms with E-state index in [-0.39, 0.29) is 6.61 Å². The number of benzene rings is 1. The third-order valence-electron chi connectivity index (χ3n) is 5.42. The third-order valence-corrected chi connectivity index (χ3v) is 5.42. The van der Waals surface area contributed by atoms with Crippen LogP contribution in [0, 0.1) is 0 Å². The third kappa shape index (κ3) is 7.00. The molecule has 168 valence electrons. The number of aliphatic hydroxyl groups is 1. The van der Waals surface area contributed by atoms with E-state index in [0.717, 1.165) is 24.5 Å². The Hall–Kier alpha value is -2.09. The topological polar surface area (TPSA) is 63.0 Å². The molecule has 0 saturated heterocycles. The molecule has 30 heavy (non-hydrogen) atoms. The summed E-state index contributed by atoms with van der Waals surface area (Å²) in [5.41, 5.74) is 1.13. The molecule has 0 bridgehead atoms. The molecule has 1 atom stereocenters. The molecule has 1 N–H and O–H groups in total. The van der Waals surface area contributed by atoms with Gasteiger partial charge in [-0.05, 0) is 52.4 Å². The summed E-state index contributed by atoms with van der Waals surface area (Å²) in [5, 5.41) is 10.3. The van der Waals surface area contributed by atoms with E-state index >= 15 is 0 Å². The highest BCUT2D eigenvalue weighted by Crippen LogP contribution is 2.29. The Kier molecular flexibility index (Phi) is 9.14. The second kappa shape index (κ2) is 11.3. The predicted octanol–water partition coefficient (Wildman–Crippen LogP) is 2.92. The monoisotopic (exact) mass is 418 g/mol. The number of imidazole rings is 1. The average molecular weight is 419 g/mol. The average Bonchev–Trinajstić information content (AvgIpc) is 3.10. The van der Waals surface area contributed by atoms with E-state index in [2.05, 4.69) is 48.5 Å². The summed E-state index contributed by atoms with van der Waals surface area (Å²) in [6.07, 6.45) is 3.23. The Balaban J connectivity index is 2.07. The highest BCUT2D eigenvalue weighted by molar-refractivity contribution is 5.43. The van der Waals surface area contributed by atoms with Crippen LogP contribution in [0.4, 0.5) is 0 Å². The van der Waals surface area contributed by atoms with Gasteiger partial charge in [-0.1, -0.05) is 6.07 Å². The maximum atomic E-state index is 10.3. The molecule has 0 fully saturated rings. The fourth-order valence-corrected chi connectivity index (χ4v) is 3.10. The van der Waals surface area contributed by atoms with E-state index in [1.165, 1.54) is 0 Å². The summed E-state index contributed by atoms with van der Waals surface area (Å²) in [6.45, 7) is 10.9. The normalized spacial score (nSPS) is 12.9. The van der Waals surface area contributed by atoms with Crippen LogP contribution < -0.4 is 9.47 Å². The van der Waals surface area contributed by atoms with Gasteiger partial charge in [0.1, 0.15) is 18.5 Å². The Morgan fingerprint density at radius 2 is 1.83 bits per heavy atom. The van der Waals surface area contributed by atoms with Crippen molar-refractivity contribution in [1.82, 2.24) is 19.4 Å². The fourth-order valence-electron chi connectivity index (χ4n) is 3.10. The number of aryl methyl sites for hydroxylation is 1. The van der Waals surface area contributed by atoms with Crippen LogP contribution in [-0.4, -0.2) is 70.0 Å². The van der Waals surface area contributed by atoms with Crippen molar-refractivity contribution >= 4 is 0 Å². The summed E-state index contributed by atoms with van der Waals surface area (Å²) < 4.78 is 13.5. The van der Waals surface area contributed by atoms with E-state index < -0.39 is 6.10 Å². The number of aliphatic hydroxyl groups excluding tert-OH is 1. The van der Waals surface area contributed by atoms with E-state index in [1.54, 1.807) is 7.11 Å². The lowest BCUT2D eigenvalue weighted by molar-refractivity contribution is 0.0667. The lowest BCUT2D eigenvalue weighted by Gasteiger charge is -2.27. The number of nitrogens with zero attached hydrogens (tertiary/aromatic N) is 4.